The number of benzene rings is 2. The third-order valence-electron chi connectivity index (χ3n) is 4.52. The molecule has 6 nitrogen and oxygen atoms in total. The van der Waals surface area contributed by atoms with Crippen molar-refractivity contribution in [3.8, 4) is 5.69 Å². The molecule has 28 heavy (non-hydrogen) atoms. The van der Waals surface area contributed by atoms with Crippen LogP contribution in [-0.4, -0.2) is 44.1 Å². The second kappa shape index (κ2) is 9.01. The van der Waals surface area contributed by atoms with Crippen LogP contribution < -0.4 is 0 Å². The van der Waals surface area contributed by atoms with Crippen molar-refractivity contribution >= 4 is 17.7 Å². The first kappa shape index (κ1) is 20.1. The smallest absolute Gasteiger partial charge is 0.240 e. The Balaban J connectivity index is 1.98. The SMILES string of the molecule is CCN(CC)C(=O)[C@@H](Sc1nnnn1-c1cc(C)cc(C)c1)c1ccccc1. The van der Waals surface area contributed by atoms with Crippen LogP contribution in [0.25, 0.3) is 5.69 Å². The van der Waals surface area contributed by atoms with Gasteiger partial charge in [0.25, 0.3) is 0 Å². The quantitative estimate of drug-likeness (QED) is 0.566. The zero-order chi connectivity index (χ0) is 20.1. The fourth-order valence-corrected chi connectivity index (χ4v) is 4.26. The van der Waals surface area contributed by atoms with Gasteiger partial charge in [-0.15, -0.1) is 5.10 Å². The van der Waals surface area contributed by atoms with Crippen molar-refractivity contribution in [3.05, 3.63) is 65.2 Å². The summed E-state index contributed by atoms with van der Waals surface area (Å²) in [5.74, 6) is 0.0659. The van der Waals surface area contributed by atoms with Crippen molar-refractivity contribution in [2.45, 2.75) is 38.1 Å². The van der Waals surface area contributed by atoms with Gasteiger partial charge in [-0.3, -0.25) is 4.79 Å². The Morgan fingerprint density at radius 2 is 1.71 bits per heavy atom. The van der Waals surface area contributed by atoms with E-state index < -0.39 is 5.25 Å². The number of aryl methyl sites for hydroxylation is 2. The molecule has 0 saturated heterocycles. The van der Waals surface area contributed by atoms with Crippen LogP contribution in [0.2, 0.25) is 0 Å². The van der Waals surface area contributed by atoms with E-state index in [2.05, 4.69) is 21.6 Å². The Morgan fingerprint density at radius 3 is 2.32 bits per heavy atom. The van der Waals surface area contributed by atoms with E-state index in [1.54, 1.807) is 4.68 Å². The van der Waals surface area contributed by atoms with Gasteiger partial charge in [-0.05, 0) is 66.9 Å². The standard InChI is InChI=1S/C21H25N5OS/c1-5-25(6-2)20(27)19(17-10-8-7-9-11-17)28-21-22-23-24-26(21)18-13-15(3)12-16(4)14-18/h7-14,19H,5-6H2,1-4H3/t19-/m0/s1. The van der Waals surface area contributed by atoms with Crippen LogP contribution in [0.4, 0.5) is 0 Å². The van der Waals surface area contributed by atoms with Crippen molar-refractivity contribution in [3.63, 3.8) is 0 Å². The maximum atomic E-state index is 13.2. The highest BCUT2D eigenvalue weighted by atomic mass is 32.2. The van der Waals surface area contributed by atoms with E-state index >= 15 is 0 Å². The number of rotatable bonds is 7. The van der Waals surface area contributed by atoms with Gasteiger partial charge in [0.2, 0.25) is 11.1 Å². The predicted octanol–water partition coefficient (Wildman–Crippen LogP) is 3.98. The Bertz CT molecular complexity index is 917. The normalized spacial score (nSPS) is 12.0. The number of carbonyl (C=O) groups is 1. The summed E-state index contributed by atoms with van der Waals surface area (Å²) in [6.07, 6.45) is 0. The van der Waals surface area contributed by atoms with E-state index in [0.29, 0.717) is 18.2 Å². The van der Waals surface area contributed by atoms with E-state index in [0.717, 1.165) is 22.4 Å². The lowest BCUT2D eigenvalue weighted by atomic mass is 10.1. The Kier molecular flexibility index (Phi) is 6.46. The van der Waals surface area contributed by atoms with Gasteiger partial charge in [0, 0.05) is 13.1 Å². The molecule has 2 aromatic carbocycles. The molecular formula is C21H25N5OS. The summed E-state index contributed by atoms with van der Waals surface area (Å²) < 4.78 is 1.70. The monoisotopic (exact) mass is 395 g/mol. The minimum absolute atomic E-state index is 0.0659. The number of thioether (sulfide) groups is 1. The highest BCUT2D eigenvalue weighted by molar-refractivity contribution is 8.00. The number of carbonyl (C=O) groups excluding carboxylic acids is 1. The average Bonchev–Trinajstić information content (AvgIpc) is 3.15. The molecule has 0 fully saturated rings. The lowest BCUT2D eigenvalue weighted by molar-refractivity contribution is -0.130. The Labute approximate surface area is 169 Å². The summed E-state index contributed by atoms with van der Waals surface area (Å²) >= 11 is 1.38. The highest BCUT2D eigenvalue weighted by Gasteiger charge is 2.28. The van der Waals surface area contributed by atoms with Crippen molar-refractivity contribution in [1.82, 2.24) is 25.1 Å². The third-order valence-corrected chi connectivity index (χ3v) is 5.69. The molecule has 0 radical (unpaired) electrons. The number of hydrogen-bond donors (Lipinski definition) is 0. The zero-order valence-corrected chi connectivity index (χ0v) is 17.5. The van der Waals surface area contributed by atoms with Crippen LogP contribution >= 0.6 is 11.8 Å². The summed E-state index contributed by atoms with van der Waals surface area (Å²) in [5.41, 5.74) is 4.12. The molecule has 1 aromatic heterocycles. The molecule has 7 heteroatoms. The van der Waals surface area contributed by atoms with Crippen molar-refractivity contribution in [2.24, 2.45) is 0 Å². The van der Waals surface area contributed by atoms with Crippen LogP contribution in [0.1, 0.15) is 35.8 Å². The van der Waals surface area contributed by atoms with E-state index in [1.165, 1.54) is 11.8 Å². The maximum Gasteiger partial charge on any atom is 0.240 e. The number of hydrogen-bond acceptors (Lipinski definition) is 5. The first-order chi connectivity index (χ1) is 13.5. The van der Waals surface area contributed by atoms with Crippen molar-refractivity contribution < 1.29 is 4.79 Å². The van der Waals surface area contributed by atoms with Crippen molar-refractivity contribution in [2.75, 3.05) is 13.1 Å². The van der Waals surface area contributed by atoms with Gasteiger partial charge in [-0.25, -0.2) is 0 Å². The van der Waals surface area contributed by atoms with Crippen LogP contribution in [0.15, 0.2) is 53.7 Å². The fourth-order valence-electron chi connectivity index (χ4n) is 3.18. The number of tetrazole rings is 1. The minimum Gasteiger partial charge on any atom is -0.342 e. The number of amides is 1. The highest BCUT2D eigenvalue weighted by Crippen LogP contribution is 2.36. The van der Waals surface area contributed by atoms with Gasteiger partial charge in [0.15, 0.2) is 0 Å². The molecule has 0 spiro atoms. The molecule has 0 saturated carbocycles. The third kappa shape index (κ3) is 4.42. The molecule has 0 aliphatic carbocycles. The number of likely N-dealkylation sites (N-methyl/N-ethyl adjacent to an activating group) is 1. The first-order valence-corrected chi connectivity index (χ1v) is 10.3. The fraction of sp³-hybridized carbons (Fsp3) is 0.333. The minimum atomic E-state index is -0.406. The van der Waals surface area contributed by atoms with Gasteiger partial charge < -0.3 is 4.90 Å². The Morgan fingerprint density at radius 1 is 1.07 bits per heavy atom. The molecule has 0 aliphatic heterocycles. The van der Waals surface area contributed by atoms with Crippen LogP contribution in [-0.2, 0) is 4.79 Å². The van der Waals surface area contributed by atoms with Gasteiger partial charge in [-0.2, -0.15) is 4.68 Å². The molecule has 1 heterocycles. The van der Waals surface area contributed by atoms with Gasteiger partial charge in [0.1, 0.15) is 5.25 Å². The van der Waals surface area contributed by atoms with Gasteiger partial charge in [0.05, 0.1) is 5.69 Å². The van der Waals surface area contributed by atoms with Crippen LogP contribution in [0.5, 0.6) is 0 Å². The number of aromatic nitrogens is 4. The van der Waals surface area contributed by atoms with E-state index in [9.17, 15) is 4.79 Å². The second-order valence-electron chi connectivity index (χ2n) is 6.64. The molecule has 1 amide bonds. The molecule has 1 atom stereocenters. The number of nitrogens with zero attached hydrogens (tertiary/aromatic N) is 5. The topological polar surface area (TPSA) is 63.9 Å². The molecule has 146 valence electrons. The predicted molar refractivity (Wildman–Crippen MR) is 112 cm³/mol. The van der Waals surface area contributed by atoms with Crippen LogP contribution in [0.3, 0.4) is 0 Å². The zero-order valence-electron chi connectivity index (χ0n) is 16.7. The van der Waals surface area contributed by atoms with Gasteiger partial charge >= 0.3 is 0 Å². The maximum absolute atomic E-state index is 13.2. The Hall–Kier alpha value is -2.67. The molecule has 0 unspecified atom stereocenters. The second-order valence-corrected chi connectivity index (χ2v) is 7.71. The van der Waals surface area contributed by atoms with E-state index in [1.807, 2.05) is 75.1 Å². The average molecular weight is 396 g/mol. The van der Waals surface area contributed by atoms with Gasteiger partial charge in [-0.1, -0.05) is 48.2 Å². The molecule has 3 rings (SSSR count). The lowest BCUT2D eigenvalue weighted by Gasteiger charge is -2.24. The summed E-state index contributed by atoms with van der Waals surface area (Å²) in [4.78, 5) is 15.1. The van der Waals surface area contributed by atoms with E-state index in [4.69, 9.17) is 0 Å². The molecule has 0 aliphatic rings. The van der Waals surface area contributed by atoms with Crippen LogP contribution in [0, 0.1) is 13.8 Å². The van der Waals surface area contributed by atoms with Crippen molar-refractivity contribution in [1.29, 1.82) is 0 Å². The molecule has 3 aromatic rings. The summed E-state index contributed by atoms with van der Waals surface area (Å²) in [5, 5.41) is 12.4. The lowest BCUT2D eigenvalue weighted by Crippen LogP contribution is -2.34. The molecule has 0 N–H and O–H groups in total. The molecular weight excluding hydrogens is 370 g/mol. The largest absolute Gasteiger partial charge is 0.342 e. The summed E-state index contributed by atoms with van der Waals surface area (Å²) in [6.45, 7) is 9.42. The summed E-state index contributed by atoms with van der Waals surface area (Å²) in [6, 6.07) is 16.0. The summed E-state index contributed by atoms with van der Waals surface area (Å²) in [7, 11) is 0. The van der Waals surface area contributed by atoms with E-state index in [-0.39, 0.29) is 5.91 Å². The molecule has 0 bridgehead atoms. The first-order valence-electron chi connectivity index (χ1n) is 9.41.